The van der Waals surface area contributed by atoms with E-state index in [0.717, 1.165) is 29.5 Å². The lowest BCUT2D eigenvalue weighted by molar-refractivity contribution is -0.131. The summed E-state index contributed by atoms with van der Waals surface area (Å²) in [5.41, 5.74) is 4.16. The van der Waals surface area contributed by atoms with Gasteiger partial charge in [0.05, 0.1) is 18.2 Å². The van der Waals surface area contributed by atoms with E-state index in [4.69, 9.17) is 0 Å². The van der Waals surface area contributed by atoms with Crippen molar-refractivity contribution in [2.75, 3.05) is 6.54 Å². The smallest absolute Gasteiger partial charge is 0.224 e. The predicted octanol–water partition coefficient (Wildman–Crippen LogP) is 3.60. The summed E-state index contributed by atoms with van der Waals surface area (Å²) in [5, 5.41) is 24.9. The Labute approximate surface area is 224 Å². The number of rotatable bonds is 10. The van der Waals surface area contributed by atoms with Crippen molar-refractivity contribution >= 4 is 11.8 Å². The summed E-state index contributed by atoms with van der Waals surface area (Å²) >= 11 is 0. The molecular formula is C32H36N2O4. The molecule has 198 valence electrons. The van der Waals surface area contributed by atoms with Crippen LogP contribution in [0, 0.1) is 5.92 Å². The molecule has 38 heavy (non-hydrogen) atoms. The third kappa shape index (κ3) is 6.14. The molecule has 3 aromatic rings. The van der Waals surface area contributed by atoms with Crippen LogP contribution in [0.2, 0.25) is 0 Å². The molecule has 1 aliphatic heterocycles. The first-order valence-electron chi connectivity index (χ1n) is 13.6. The van der Waals surface area contributed by atoms with Gasteiger partial charge in [-0.25, -0.2) is 0 Å². The van der Waals surface area contributed by atoms with Gasteiger partial charge in [0.1, 0.15) is 0 Å². The second kappa shape index (κ2) is 11.9. The Morgan fingerprint density at radius 1 is 0.947 bits per heavy atom. The molecule has 1 saturated heterocycles. The lowest BCUT2D eigenvalue weighted by Crippen LogP contribution is -2.43. The Kier molecular flexibility index (Phi) is 8.20. The molecule has 0 saturated carbocycles. The number of benzene rings is 3. The van der Waals surface area contributed by atoms with Crippen molar-refractivity contribution < 1.29 is 19.8 Å². The van der Waals surface area contributed by atoms with Crippen molar-refractivity contribution in [3.8, 4) is 0 Å². The van der Waals surface area contributed by atoms with Crippen molar-refractivity contribution in [1.29, 1.82) is 0 Å². The highest BCUT2D eigenvalue weighted by Gasteiger charge is 2.36. The number of aliphatic hydroxyl groups is 2. The number of β-amino-alcohol motifs (C(OH)–C–C–N with tert-alkyl or cyclic N) is 1. The van der Waals surface area contributed by atoms with Crippen LogP contribution in [-0.2, 0) is 28.9 Å². The van der Waals surface area contributed by atoms with Gasteiger partial charge >= 0.3 is 0 Å². The van der Waals surface area contributed by atoms with Crippen LogP contribution in [0.1, 0.15) is 47.6 Å². The van der Waals surface area contributed by atoms with Gasteiger partial charge in [-0.1, -0.05) is 84.9 Å². The standard InChI is InChI=1S/C32H36N2O4/c35-27(21-34-26(15-16-30(34)37)18-23-11-5-2-6-12-23)19-25(17-22-9-3-1-4-10-22)32(38)33-31-28-14-8-7-13-24(28)20-29(31)36/h1-14,25-27,29,31,35-36H,15-21H2,(H,33,38)/t25-,26+,27+,29+,31?/m0/s1. The summed E-state index contributed by atoms with van der Waals surface area (Å²) < 4.78 is 0. The van der Waals surface area contributed by atoms with Crippen LogP contribution >= 0.6 is 0 Å². The van der Waals surface area contributed by atoms with Crippen molar-refractivity contribution in [3.63, 3.8) is 0 Å². The van der Waals surface area contributed by atoms with Gasteiger partial charge in [0.15, 0.2) is 0 Å². The molecule has 0 aromatic heterocycles. The van der Waals surface area contributed by atoms with Crippen LogP contribution in [0.3, 0.4) is 0 Å². The number of hydrogen-bond acceptors (Lipinski definition) is 4. The fourth-order valence-corrected chi connectivity index (χ4v) is 5.97. The maximum Gasteiger partial charge on any atom is 0.224 e. The lowest BCUT2D eigenvalue weighted by atomic mass is 9.91. The molecule has 3 N–H and O–H groups in total. The zero-order valence-electron chi connectivity index (χ0n) is 21.6. The molecule has 2 aliphatic rings. The van der Waals surface area contributed by atoms with E-state index in [1.807, 2.05) is 72.8 Å². The number of fused-ring (bicyclic) bond motifs is 1. The first-order valence-corrected chi connectivity index (χ1v) is 13.6. The highest BCUT2D eigenvalue weighted by Crippen LogP contribution is 2.32. The highest BCUT2D eigenvalue weighted by atomic mass is 16.3. The fourth-order valence-electron chi connectivity index (χ4n) is 5.97. The first-order chi connectivity index (χ1) is 18.5. The third-order valence-electron chi connectivity index (χ3n) is 7.93. The van der Waals surface area contributed by atoms with Gasteiger partial charge < -0.3 is 20.4 Å². The van der Waals surface area contributed by atoms with Crippen LogP contribution in [0.15, 0.2) is 84.9 Å². The molecule has 1 fully saturated rings. The van der Waals surface area contributed by atoms with Crippen molar-refractivity contribution in [3.05, 3.63) is 107 Å². The molecule has 1 unspecified atom stereocenters. The van der Waals surface area contributed by atoms with E-state index in [1.54, 1.807) is 4.90 Å². The average molecular weight is 513 g/mol. The summed E-state index contributed by atoms with van der Waals surface area (Å²) in [6.07, 6.45) is 1.70. The molecule has 0 spiro atoms. The number of nitrogens with zero attached hydrogens (tertiary/aromatic N) is 1. The van der Waals surface area contributed by atoms with E-state index in [-0.39, 0.29) is 30.8 Å². The molecular weight excluding hydrogens is 476 g/mol. The SMILES string of the molecule is O=C(NC1c2ccccc2C[C@H]1O)[C@@H](Cc1ccccc1)C[C@@H](O)CN1C(=O)CC[C@@H]1Cc1ccccc1. The summed E-state index contributed by atoms with van der Waals surface area (Å²) in [4.78, 5) is 28.1. The maximum atomic E-state index is 13.6. The van der Waals surface area contributed by atoms with E-state index in [2.05, 4.69) is 17.4 Å². The van der Waals surface area contributed by atoms with Crippen LogP contribution in [0.4, 0.5) is 0 Å². The molecule has 1 aliphatic carbocycles. The second-order valence-electron chi connectivity index (χ2n) is 10.7. The number of likely N-dealkylation sites (tertiary alicyclic amines) is 1. The summed E-state index contributed by atoms with van der Waals surface area (Å²) in [6, 6.07) is 27.2. The number of hydrogen-bond donors (Lipinski definition) is 3. The number of carbonyl (C=O) groups is 2. The number of carbonyl (C=O) groups excluding carboxylic acids is 2. The Morgan fingerprint density at radius 3 is 2.34 bits per heavy atom. The maximum absolute atomic E-state index is 13.6. The minimum atomic E-state index is -0.837. The van der Waals surface area contributed by atoms with Gasteiger partial charge in [-0.05, 0) is 47.9 Å². The van der Waals surface area contributed by atoms with Gasteiger partial charge in [-0.3, -0.25) is 9.59 Å². The van der Waals surface area contributed by atoms with Crippen molar-refractivity contribution in [2.24, 2.45) is 5.92 Å². The van der Waals surface area contributed by atoms with E-state index >= 15 is 0 Å². The number of nitrogens with one attached hydrogen (secondary N) is 1. The minimum Gasteiger partial charge on any atom is -0.391 e. The van der Waals surface area contributed by atoms with Crippen LogP contribution in [0.25, 0.3) is 0 Å². The molecule has 0 bridgehead atoms. The van der Waals surface area contributed by atoms with E-state index in [0.29, 0.717) is 19.3 Å². The van der Waals surface area contributed by atoms with Crippen LogP contribution in [-0.4, -0.2) is 51.7 Å². The molecule has 5 rings (SSSR count). The molecule has 5 atom stereocenters. The molecule has 6 nitrogen and oxygen atoms in total. The van der Waals surface area contributed by atoms with Crippen molar-refractivity contribution in [1.82, 2.24) is 10.2 Å². The number of amides is 2. The zero-order chi connectivity index (χ0) is 26.5. The van der Waals surface area contributed by atoms with Gasteiger partial charge in [0.2, 0.25) is 11.8 Å². The topological polar surface area (TPSA) is 89.9 Å². The second-order valence-corrected chi connectivity index (χ2v) is 10.7. The minimum absolute atomic E-state index is 0.0473. The monoisotopic (exact) mass is 512 g/mol. The molecule has 3 aromatic carbocycles. The van der Waals surface area contributed by atoms with Crippen LogP contribution < -0.4 is 5.32 Å². The third-order valence-corrected chi connectivity index (χ3v) is 7.93. The highest BCUT2D eigenvalue weighted by molar-refractivity contribution is 5.80. The van der Waals surface area contributed by atoms with Gasteiger partial charge in [-0.2, -0.15) is 0 Å². The summed E-state index contributed by atoms with van der Waals surface area (Å²) in [7, 11) is 0. The largest absolute Gasteiger partial charge is 0.391 e. The van der Waals surface area contributed by atoms with Crippen molar-refractivity contribution in [2.45, 2.75) is 62.8 Å². The Hall–Kier alpha value is -3.48. The Bertz CT molecular complexity index is 1230. The van der Waals surface area contributed by atoms with Gasteiger partial charge in [-0.15, -0.1) is 0 Å². The zero-order valence-corrected chi connectivity index (χ0v) is 21.6. The molecule has 0 radical (unpaired) electrons. The van der Waals surface area contributed by atoms with Gasteiger partial charge in [0, 0.05) is 31.3 Å². The van der Waals surface area contributed by atoms with E-state index in [9.17, 15) is 19.8 Å². The molecule has 2 amide bonds. The summed E-state index contributed by atoms with van der Waals surface area (Å²) in [5.74, 6) is -0.639. The van der Waals surface area contributed by atoms with Gasteiger partial charge in [0.25, 0.3) is 0 Å². The average Bonchev–Trinajstić information content (AvgIpc) is 3.43. The lowest BCUT2D eigenvalue weighted by Gasteiger charge is -2.29. The Balaban J connectivity index is 1.28. The van der Waals surface area contributed by atoms with Crippen LogP contribution in [0.5, 0.6) is 0 Å². The Morgan fingerprint density at radius 2 is 1.61 bits per heavy atom. The normalized spacial score (nSPS) is 22.2. The quantitative estimate of drug-likeness (QED) is 0.387. The first kappa shape index (κ1) is 26.1. The fraction of sp³-hybridized carbons (Fsp3) is 0.375. The molecule has 1 heterocycles. The number of aliphatic hydroxyl groups excluding tert-OH is 2. The predicted molar refractivity (Wildman–Crippen MR) is 146 cm³/mol. The summed E-state index contributed by atoms with van der Waals surface area (Å²) in [6.45, 7) is 0.212. The molecule has 6 heteroatoms. The van der Waals surface area contributed by atoms with E-state index < -0.39 is 24.2 Å². The van der Waals surface area contributed by atoms with E-state index in [1.165, 1.54) is 5.56 Å².